The van der Waals surface area contributed by atoms with E-state index in [9.17, 15) is 9.59 Å². The number of ether oxygens (including phenoxy) is 1. The van der Waals surface area contributed by atoms with Crippen molar-refractivity contribution in [2.24, 2.45) is 0 Å². The summed E-state index contributed by atoms with van der Waals surface area (Å²) < 4.78 is 7.67. The minimum atomic E-state index is -0.568. The number of hydrogen-bond donors (Lipinski definition) is 1. The van der Waals surface area contributed by atoms with Gasteiger partial charge in [-0.25, -0.2) is 4.98 Å². The van der Waals surface area contributed by atoms with Gasteiger partial charge in [0.15, 0.2) is 6.10 Å². The minimum Gasteiger partial charge on any atom is -0.479 e. The molecule has 2 aromatic carbocycles. The number of hydrogen-bond acceptors (Lipinski definition) is 4. The standard InChI is InChI=1S/C22H24N4O3/c1-3-13-26-17-9-5-4-8-16(17)23-22(26)24-20(27)12-14-25-18-10-6-7-11-19(18)29-15(2)21(25)28/h4-11,15H,3,12-14H2,1-2H3,(H,23,24,27)/t15-/m0/s1. The van der Waals surface area contributed by atoms with Gasteiger partial charge < -0.3 is 14.2 Å². The van der Waals surface area contributed by atoms with E-state index >= 15 is 0 Å². The number of benzene rings is 2. The molecule has 3 aromatic rings. The molecule has 0 bridgehead atoms. The Morgan fingerprint density at radius 3 is 2.72 bits per heavy atom. The van der Waals surface area contributed by atoms with Crippen molar-refractivity contribution in [3.8, 4) is 5.75 Å². The second-order valence-electron chi connectivity index (χ2n) is 7.09. The number of rotatable bonds is 6. The van der Waals surface area contributed by atoms with Crippen LogP contribution in [0.4, 0.5) is 11.6 Å². The SMILES string of the molecule is CCCn1c(NC(=O)CCN2C(=O)[C@H](C)Oc3ccccc32)nc2ccccc21. The van der Waals surface area contributed by atoms with Gasteiger partial charge in [0.1, 0.15) is 5.75 Å². The predicted octanol–water partition coefficient (Wildman–Crippen LogP) is 3.59. The largest absolute Gasteiger partial charge is 0.479 e. The Balaban J connectivity index is 1.49. The lowest BCUT2D eigenvalue weighted by Crippen LogP contribution is -2.45. The monoisotopic (exact) mass is 392 g/mol. The van der Waals surface area contributed by atoms with Crippen molar-refractivity contribution in [3.05, 3.63) is 48.5 Å². The molecule has 0 saturated carbocycles. The van der Waals surface area contributed by atoms with Gasteiger partial charge in [0.25, 0.3) is 5.91 Å². The third-order valence-electron chi connectivity index (χ3n) is 4.99. The van der Waals surface area contributed by atoms with Gasteiger partial charge in [-0.3, -0.25) is 14.9 Å². The van der Waals surface area contributed by atoms with Crippen LogP contribution in [-0.4, -0.2) is 34.0 Å². The first-order chi connectivity index (χ1) is 14.1. The molecule has 0 aliphatic carbocycles. The van der Waals surface area contributed by atoms with Crippen molar-refractivity contribution < 1.29 is 14.3 Å². The van der Waals surface area contributed by atoms with Gasteiger partial charge >= 0.3 is 0 Å². The number of para-hydroxylation sites is 4. The molecule has 0 radical (unpaired) electrons. The first-order valence-electron chi connectivity index (χ1n) is 9.90. The van der Waals surface area contributed by atoms with E-state index in [1.165, 1.54) is 0 Å². The van der Waals surface area contributed by atoms with Crippen LogP contribution in [0.25, 0.3) is 11.0 Å². The third-order valence-corrected chi connectivity index (χ3v) is 4.99. The number of imidazole rings is 1. The van der Waals surface area contributed by atoms with E-state index in [1.54, 1.807) is 11.8 Å². The van der Waals surface area contributed by atoms with E-state index in [2.05, 4.69) is 17.2 Å². The van der Waals surface area contributed by atoms with Gasteiger partial charge in [0.2, 0.25) is 11.9 Å². The molecule has 2 amide bonds. The summed E-state index contributed by atoms with van der Waals surface area (Å²) in [6, 6.07) is 15.2. The first kappa shape index (κ1) is 19.0. The highest BCUT2D eigenvalue weighted by molar-refractivity contribution is 6.00. The molecular weight excluding hydrogens is 368 g/mol. The summed E-state index contributed by atoms with van der Waals surface area (Å²) in [5.74, 6) is 0.877. The molecule has 150 valence electrons. The summed E-state index contributed by atoms with van der Waals surface area (Å²) in [6.45, 7) is 4.85. The number of aryl methyl sites for hydroxylation is 1. The van der Waals surface area contributed by atoms with Crippen LogP contribution in [0.1, 0.15) is 26.7 Å². The molecule has 29 heavy (non-hydrogen) atoms. The molecule has 2 heterocycles. The van der Waals surface area contributed by atoms with Crippen LogP contribution >= 0.6 is 0 Å². The number of carbonyl (C=O) groups is 2. The smallest absolute Gasteiger partial charge is 0.267 e. The highest BCUT2D eigenvalue weighted by atomic mass is 16.5. The zero-order valence-corrected chi connectivity index (χ0v) is 16.6. The average Bonchev–Trinajstić information content (AvgIpc) is 3.06. The maximum atomic E-state index is 12.7. The van der Waals surface area contributed by atoms with Crippen LogP contribution in [-0.2, 0) is 16.1 Å². The molecule has 0 unspecified atom stereocenters. The number of aromatic nitrogens is 2. The normalized spacial score (nSPS) is 15.9. The van der Waals surface area contributed by atoms with Gasteiger partial charge in [-0.05, 0) is 37.6 Å². The second-order valence-corrected chi connectivity index (χ2v) is 7.09. The lowest BCUT2D eigenvalue weighted by atomic mass is 10.1. The van der Waals surface area contributed by atoms with Crippen LogP contribution in [0.3, 0.4) is 0 Å². The summed E-state index contributed by atoms with van der Waals surface area (Å²) in [5.41, 5.74) is 2.54. The Morgan fingerprint density at radius 2 is 1.90 bits per heavy atom. The molecular formula is C22H24N4O3. The average molecular weight is 392 g/mol. The van der Waals surface area contributed by atoms with Gasteiger partial charge in [-0.2, -0.15) is 0 Å². The first-order valence-corrected chi connectivity index (χ1v) is 9.90. The maximum absolute atomic E-state index is 12.7. The topological polar surface area (TPSA) is 76.5 Å². The number of fused-ring (bicyclic) bond motifs is 2. The summed E-state index contributed by atoms with van der Waals surface area (Å²) in [5, 5.41) is 2.92. The zero-order chi connectivity index (χ0) is 20.4. The number of nitrogens with one attached hydrogen (secondary N) is 1. The van der Waals surface area contributed by atoms with Crippen LogP contribution in [0, 0.1) is 0 Å². The van der Waals surface area contributed by atoms with Crippen molar-refractivity contribution in [2.45, 2.75) is 39.3 Å². The number of carbonyl (C=O) groups excluding carboxylic acids is 2. The van der Waals surface area contributed by atoms with Crippen LogP contribution in [0.5, 0.6) is 5.75 Å². The summed E-state index contributed by atoms with van der Waals surface area (Å²) in [6.07, 6.45) is 0.532. The lowest BCUT2D eigenvalue weighted by Gasteiger charge is -2.32. The summed E-state index contributed by atoms with van der Waals surface area (Å²) in [7, 11) is 0. The van der Waals surface area contributed by atoms with Gasteiger partial charge in [0, 0.05) is 19.5 Å². The van der Waals surface area contributed by atoms with Crippen LogP contribution < -0.4 is 15.0 Å². The molecule has 0 saturated heterocycles. The predicted molar refractivity (Wildman–Crippen MR) is 112 cm³/mol. The minimum absolute atomic E-state index is 0.144. The maximum Gasteiger partial charge on any atom is 0.267 e. The molecule has 7 heteroatoms. The Hall–Kier alpha value is -3.35. The van der Waals surface area contributed by atoms with Crippen molar-refractivity contribution in [2.75, 3.05) is 16.8 Å². The molecule has 1 aromatic heterocycles. The molecule has 7 nitrogen and oxygen atoms in total. The summed E-state index contributed by atoms with van der Waals surface area (Å²) >= 11 is 0. The van der Waals surface area contributed by atoms with Crippen LogP contribution in [0.15, 0.2) is 48.5 Å². The third kappa shape index (κ3) is 3.68. The molecule has 0 fully saturated rings. The molecule has 4 rings (SSSR count). The van der Waals surface area contributed by atoms with E-state index in [0.717, 1.165) is 24.0 Å². The van der Waals surface area contributed by atoms with E-state index in [0.29, 0.717) is 17.4 Å². The van der Waals surface area contributed by atoms with E-state index in [-0.39, 0.29) is 24.8 Å². The second kappa shape index (κ2) is 7.95. The van der Waals surface area contributed by atoms with Crippen LogP contribution in [0.2, 0.25) is 0 Å². The lowest BCUT2D eigenvalue weighted by molar-refractivity contribution is -0.125. The highest BCUT2D eigenvalue weighted by Gasteiger charge is 2.31. The molecule has 1 aliphatic heterocycles. The van der Waals surface area contributed by atoms with Gasteiger partial charge in [-0.15, -0.1) is 0 Å². The van der Waals surface area contributed by atoms with E-state index in [1.807, 2.05) is 53.1 Å². The van der Waals surface area contributed by atoms with Gasteiger partial charge in [0.05, 0.1) is 16.7 Å². The Kier molecular flexibility index (Phi) is 5.20. The number of amides is 2. The highest BCUT2D eigenvalue weighted by Crippen LogP contribution is 2.33. The fourth-order valence-corrected chi connectivity index (χ4v) is 3.61. The number of anilines is 2. The molecule has 0 spiro atoms. The fourth-order valence-electron chi connectivity index (χ4n) is 3.61. The quantitative estimate of drug-likeness (QED) is 0.696. The Bertz CT molecular complexity index is 1060. The Morgan fingerprint density at radius 1 is 1.14 bits per heavy atom. The Labute approximate surface area is 169 Å². The number of nitrogens with zero attached hydrogens (tertiary/aromatic N) is 3. The molecule has 1 aliphatic rings. The van der Waals surface area contributed by atoms with Crippen molar-refractivity contribution in [3.63, 3.8) is 0 Å². The molecule has 1 N–H and O–H groups in total. The summed E-state index contributed by atoms with van der Waals surface area (Å²) in [4.78, 5) is 31.4. The molecule has 1 atom stereocenters. The van der Waals surface area contributed by atoms with Crippen molar-refractivity contribution in [1.29, 1.82) is 0 Å². The van der Waals surface area contributed by atoms with Gasteiger partial charge in [-0.1, -0.05) is 31.2 Å². The fraction of sp³-hybridized carbons (Fsp3) is 0.318. The zero-order valence-electron chi connectivity index (χ0n) is 16.6. The van der Waals surface area contributed by atoms with E-state index < -0.39 is 6.10 Å². The van der Waals surface area contributed by atoms with Crippen molar-refractivity contribution in [1.82, 2.24) is 9.55 Å². The van der Waals surface area contributed by atoms with Crippen molar-refractivity contribution >= 4 is 34.5 Å². The van der Waals surface area contributed by atoms with E-state index in [4.69, 9.17) is 4.74 Å².